The Kier molecular flexibility index (Phi) is 4.76. The fraction of sp³-hybridized carbons (Fsp3) is 0.318. The Morgan fingerprint density at radius 2 is 1.58 bits per heavy atom. The van der Waals surface area contributed by atoms with Crippen LogP contribution in [-0.4, -0.2) is 34.0 Å². The smallest absolute Gasteiger partial charge is 0.325 e. The van der Waals surface area contributed by atoms with Crippen LogP contribution in [0.5, 0.6) is 0 Å². The summed E-state index contributed by atoms with van der Waals surface area (Å²) in [5, 5.41) is 11.2. The van der Waals surface area contributed by atoms with Gasteiger partial charge >= 0.3 is 5.97 Å². The summed E-state index contributed by atoms with van der Waals surface area (Å²) in [6, 6.07) is 17.4. The van der Waals surface area contributed by atoms with Crippen molar-refractivity contribution >= 4 is 16.9 Å². The van der Waals surface area contributed by atoms with E-state index >= 15 is 0 Å². The Morgan fingerprint density at radius 3 is 2.27 bits per heavy atom. The number of hydrogen-bond acceptors (Lipinski definition) is 2. The van der Waals surface area contributed by atoms with Crippen LogP contribution >= 0.6 is 0 Å². The highest BCUT2D eigenvalue weighted by atomic mass is 16.4. The molecule has 2 aromatic carbocycles. The molecule has 1 atom stereocenters. The first-order chi connectivity index (χ1) is 12.8. The van der Waals surface area contributed by atoms with Crippen LogP contribution in [0, 0.1) is 0 Å². The van der Waals surface area contributed by atoms with Crippen molar-refractivity contribution in [2.45, 2.75) is 31.7 Å². The number of hydrogen-bond donors (Lipinski definition) is 2. The normalized spacial score (nSPS) is 17.1. The molecule has 0 amide bonds. The van der Waals surface area contributed by atoms with Crippen LogP contribution in [0.3, 0.4) is 0 Å². The molecule has 4 nitrogen and oxygen atoms in total. The molecule has 3 aromatic rings. The lowest BCUT2D eigenvalue weighted by molar-refractivity contribution is -0.143. The minimum absolute atomic E-state index is 0.626. The zero-order chi connectivity index (χ0) is 17.9. The number of rotatable bonds is 4. The lowest BCUT2D eigenvalue weighted by Crippen LogP contribution is -2.35. The summed E-state index contributed by atoms with van der Waals surface area (Å²) < 4.78 is 0. The number of para-hydroxylation sites is 1. The first-order valence-electron chi connectivity index (χ1n) is 9.38. The van der Waals surface area contributed by atoms with Crippen LogP contribution in [0.2, 0.25) is 0 Å². The molecular formula is C22H24N2O2. The van der Waals surface area contributed by atoms with Crippen molar-refractivity contribution in [1.29, 1.82) is 0 Å². The Balaban J connectivity index is 1.91. The number of nitrogens with one attached hydrogen (secondary N) is 1. The largest absolute Gasteiger partial charge is 0.480 e. The number of likely N-dealkylation sites (tertiary alicyclic amines) is 1. The number of benzene rings is 2. The van der Waals surface area contributed by atoms with Gasteiger partial charge in [0, 0.05) is 16.5 Å². The van der Waals surface area contributed by atoms with Crippen LogP contribution in [0.4, 0.5) is 0 Å². The van der Waals surface area contributed by atoms with Gasteiger partial charge in [-0.15, -0.1) is 0 Å². The Morgan fingerprint density at radius 1 is 0.923 bits per heavy atom. The second-order valence-electron chi connectivity index (χ2n) is 7.02. The molecule has 0 saturated carbocycles. The summed E-state index contributed by atoms with van der Waals surface area (Å²) >= 11 is 0. The molecule has 134 valence electrons. The molecule has 1 fully saturated rings. The number of H-pyrrole nitrogens is 1. The molecule has 1 saturated heterocycles. The molecule has 0 unspecified atom stereocenters. The molecule has 1 aliphatic rings. The first-order valence-corrected chi connectivity index (χ1v) is 9.38. The van der Waals surface area contributed by atoms with Crippen LogP contribution in [0.25, 0.3) is 22.2 Å². The molecule has 1 aromatic heterocycles. The van der Waals surface area contributed by atoms with Gasteiger partial charge < -0.3 is 10.1 Å². The van der Waals surface area contributed by atoms with Crippen molar-refractivity contribution in [2.75, 3.05) is 13.1 Å². The van der Waals surface area contributed by atoms with Gasteiger partial charge in [0.05, 0.1) is 5.69 Å². The van der Waals surface area contributed by atoms with Gasteiger partial charge in [0.2, 0.25) is 0 Å². The van der Waals surface area contributed by atoms with E-state index in [1.54, 1.807) is 0 Å². The van der Waals surface area contributed by atoms with Gasteiger partial charge in [-0.2, -0.15) is 0 Å². The van der Waals surface area contributed by atoms with E-state index in [0.29, 0.717) is 0 Å². The molecule has 4 heteroatoms. The maximum absolute atomic E-state index is 12.4. The van der Waals surface area contributed by atoms with Gasteiger partial charge in [-0.05, 0) is 37.6 Å². The van der Waals surface area contributed by atoms with Crippen LogP contribution in [0.15, 0.2) is 54.6 Å². The number of aliphatic carboxylic acids is 1. The SMILES string of the molecule is O=C(O)[C@H](c1c(-c2ccccc2)[nH]c2ccccc12)N1CCCCCC1. The van der Waals surface area contributed by atoms with Gasteiger partial charge in [-0.3, -0.25) is 9.69 Å². The van der Waals surface area contributed by atoms with Gasteiger partial charge in [0.1, 0.15) is 6.04 Å². The highest BCUT2D eigenvalue weighted by Gasteiger charge is 2.32. The Hall–Kier alpha value is -2.59. The molecule has 4 rings (SSSR count). The molecule has 0 spiro atoms. The first kappa shape index (κ1) is 16.9. The third kappa shape index (κ3) is 3.13. The van der Waals surface area contributed by atoms with Crippen LogP contribution in [-0.2, 0) is 4.79 Å². The minimum Gasteiger partial charge on any atom is -0.480 e. The molecule has 0 bridgehead atoms. The third-order valence-electron chi connectivity index (χ3n) is 5.32. The van der Waals surface area contributed by atoms with Gasteiger partial charge in [-0.25, -0.2) is 0 Å². The predicted octanol–water partition coefficient (Wildman–Crippen LogP) is 4.84. The average Bonchev–Trinajstić information content (AvgIpc) is 2.84. The van der Waals surface area contributed by atoms with E-state index in [2.05, 4.69) is 9.88 Å². The lowest BCUT2D eigenvalue weighted by Gasteiger charge is -2.28. The maximum Gasteiger partial charge on any atom is 0.325 e. The van der Waals surface area contributed by atoms with Gasteiger partial charge in [0.15, 0.2) is 0 Å². The summed E-state index contributed by atoms with van der Waals surface area (Å²) in [4.78, 5) is 18.0. The van der Waals surface area contributed by atoms with E-state index in [1.165, 1.54) is 12.8 Å². The number of aromatic amines is 1. The lowest BCUT2D eigenvalue weighted by atomic mass is 9.97. The maximum atomic E-state index is 12.4. The topological polar surface area (TPSA) is 56.3 Å². The Labute approximate surface area is 153 Å². The van der Waals surface area contributed by atoms with Crippen molar-refractivity contribution in [3.8, 4) is 11.3 Å². The number of nitrogens with zero attached hydrogens (tertiary/aromatic N) is 1. The van der Waals surface area contributed by atoms with Crippen molar-refractivity contribution in [3.63, 3.8) is 0 Å². The predicted molar refractivity (Wildman–Crippen MR) is 104 cm³/mol. The van der Waals surface area contributed by atoms with Crippen molar-refractivity contribution in [1.82, 2.24) is 9.88 Å². The molecule has 0 aliphatic carbocycles. The quantitative estimate of drug-likeness (QED) is 0.709. The van der Waals surface area contributed by atoms with Crippen molar-refractivity contribution < 1.29 is 9.90 Å². The van der Waals surface area contributed by atoms with E-state index in [0.717, 1.165) is 53.7 Å². The van der Waals surface area contributed by atoms with E-state index in [1.807, 2.05) is 54.6 Å². The second-order valence-corrected chi connectivity index (χ2v) is 7.02. The van der Waals surface area contributed by atoms with Gasteiger partial charge in [-0.1, -0.05) is 61.4 Å². The van der Waals surface area contributed by atoms with E-state index in [9.17, 15) is 9.90 Å². The highest BCUT2D eigenvalue weighted by Crippen LogP contribution is 2.38. The van der Waals surface area contributed by atoms with E-state index in [4.69, 9.17) is 0 Å². The fourth-order valence-corrected chi connectivity index (χ4v) is 4.10. The zero-order valence-corrected chi connectivity index (χ0v) is 14.8. The summed E-state index contributed by atoms with van der Waals surface area (Å²) in [6.07, 6.45) is 4.49. The summed E-state index contributed by atoms with van der Waals surface area (Å²) in [6.45, 7) is 1.68. The Bertz CT molecular complexity index is 893. The zero-order valence-electron chi connectivity index (χ0n) is 14.8. The number of aromatic nitrogens is 1. The molecule has 1 aliphatic heterocycles. The van der Waals surface area contributed by atoms with Crippen molar-refractivity contribution in [3.05, 3.63) is 60.2 Å². The average molecular weight is 348 g/mol. The van der Waals surface area contributed by atoms with E-state index in [-0.39, 0.29) is 0 Å². The molecule has 0 radical (unpaired) electrons. The molecular weight excluding hydrogens is 324 g/mol. The second kappa shape index (κ2) is 7.34. The van der Waals surface area contributed by atoms with Crippen LogP contribution in [0.1, 0.15) is 37.3 Å². The summed E-state index contributed by atoms with van der Waals surface area (Å²) in [5.74, 6) is -0.770. The molecule has 26 heavy (non-hydrogen) atoms. The monoisotopic (exact) mass is 348 g/mol. The number of carboxylic acid groups (broad SMARTS) is 1. The number of fused-ring (bicyclic) bond motifs is 1. The number of carboxylic acids is 1. The molecule has 2 N–H and O–H groups in total. The minimum atomic E-state index is -0.770. The summed E-state index contributed by atoms with van der Waals surface area (Å²) in [5.41, 5.74) is 3.83. The van der Waals surface area contributed by atoms with E-state index < -0.39 is 12.0 Å². The van der Waals surface area contributed by atoms with Crippen LogP contribution < -0.4 is 0 Å². The standard InChI is InChI=1S/C22H24N2O2/c25-22(26)21(24-14-8-1-2-9-15-24)19-17-12-6-7-13-18(17)23-20(19)16-10-4-3-5-11-16/h3-7,10-13,21,23H,1-2,8-9,14-15H2,(H,25,26)/t21-/m0/s1. The van der Waals surface area contributed by atoms with Gasteiger partial charge in [0.25, 0.3) is 0 Å². The third-order valence-corrected chi connectivity index (χ3v) is 5.32. The summed E-state index contributed by atoms with van der Waals surface area (Å²) in [7, 11) is 0. The highest BCUT2D eigenvalue weighted by molar-refractivity contribution is 5.95. The molecule has 2 heterocycles. The number of carbonyl (C=O) groups is 1. The fourth-order valence-electron chi connectivity index (χ4n) is 4.10. The van der Waals surface area contributed by atoms with Crippen molar-refractivity contribution in [2.24, 2.45) is 0 Å².